The second-order valence-corrected chi connectivity index (χ2v) is 9.57. The van der Waals surface area contributed by atoms with Gasteiger partial charge in [-0.25, -0.2) is 0 Å². The van der Waals surface area contributed by atoms with E-state index in [-0.39, 0.29) is 0 Å². The van der Waals surface area contributed by atoms with Crippen molar-refractivity contribution in [3.8, 4) is 34.5 Å². The molecule has 0 aromatic heterocycles. The Morgan fingerprint density at radius 2 is 0.667 bits per heavy atom. The van der Waals surface area contributed by atoms with Crippen molar-refractivity contribution in [3.05, 3.63) is 54.6 Å². The average Bonchev–Trinajstić information content (AvgIpc) is 2.87. The third-order valence-electron chi connectivity index (χ3n) is 4.88. The van der Waals surface area contributed by atoms with Gasteiger partial charge in [0.1, 0.15) is 34.5 Å². The number of benzene rings is 3. The van der Waals surface area contributed by atoms with Crippen LogP contribution in [0.25, 0.3) is 0 Å². The van der Waals surface area contributed by atoms with Crippen molar-refractivity contribution in [1.29, 1.82) is 0 Å². The van der Waals surface area contributed by atoms with Gasteiger partial charge in [0.25, 0.3) is 0 Å². The molecule has 0 unspecified atom stereocenters. The molecule has 0 atom stereocenters. The van der Waals surface area contributed by atoms with Crippen molar-refractivity contribution in [2.45, 2.75) is 0 Å². The van der Waals surface area contributed by atoms with Gasteiger partial charge in [0.2, 0.25) is 0 Å². The van der Waals surface area contributed by atoms with Crippen molar-refractivity contribution >= 4 is 23.8 Å². The molecule has 0 radical (unpaired) electrons. The zero-order chi connectivity index (χ0) is 26.9. The average molecular weight is 543 g/mol. The van der Waals surface area contributed by atoms with Crippen molar-refractivity contribution in [3.63, 3.8) is 0 Å². The van der Waals surface area contributed by atoms with E-state index in [9.17, 15) is 0 Å². The summed E-state index contributed by atoms with van der Waals surface area (Å²) in [4.78, 5) is 0. The summed E-state index contributed by atoms with van der Waals surface area (Å²) in [6, 6.07) is 17.2. The summed E-state index contributed by atoms with van der Waals surface area (Å²) >= 11 is 0. The van der Waals surface area contributed by atoms with Crippen molar-refractivity contribution in [2.24, 2.45) is 0 Å². The largest absolute Gasteiger partial charge is 0.496 e. The van der Waals surface area contributed by atoms with E-state index in [1.54, 1.807) is 42.7 Å². The Balaban J connectivity index is 0.000000830. The van der Waals surface area contributed by atoms with Crippen molar-refractivity contribution in [1.82, 2.24) is 0 Å². The number of ether oxygens (including phenoxy) is 6. The van der Waals surface area contributed by atoms with Gasteiger partial charge in [-0.3, -0.25) is 0 Å². The van der Waals surface area contributed by atoms with Gasteiger partial charge >= 0.3 is 0 Å². The summed E-state index contributed by atoms with van der Waals surface area (Å²) in [5.41, 5.74) is 0. The summed E-state index contributed by atoms with van der Waals surface area (Å²) in [5.74, 6) is 4.12. The lowest BCUT2D eigenvalue weighted by Crippen LogP contribution is -2.58. The lowest BCUT2D eigenvalue weighted by Gasteiger charge is -2.28. The Morgan fingerprint density at radius 1 is 0.500 bits per heavy atom. The minimum absolute atomic E-state index is 0.686. The van der Waals surface area contributed by atoms with Gasteiger partial charge in [0, 0.05) is 7.92 Å². The van der Waals surface area contributed by atoms with Gasteiger partial charge < -0.3 is 28.4 Å². The molecule has 0 aliphatic carbocycles. The van der Waals surface area contributed by atoms with Gasteiger partial charge in [-0.05, 0) is 36.4 Å². The van der Waals surface area contributed by atoms with E-state index in [0.717, 1.165) is 15.9 Å². The molecule has 36 heavy (non-hydrogen) atoms. The molecule has 3 rings (SSSR count). The molecule has 12 heteroatoms. The van der Waals surface area contributed by atoms with Crippen LogP contribution >= 0.6 is 7.92 Å². The van der Waals surface area contributed by atoms with Gasteiger partial charge in [-0.1, -0.05) is 18.2 Å². The van der Waals surface area contributed by atoms with Crippen LogP contribution in [0.4, 0.5) is 0 Å². The van der Waals surface area contributed by atoms with Crippen LogP contribution in [-0.2, 0) is 0 Å². The van der Waals surface area contributed by atoms with E-state index in [1.165, 1.54) is 0 Å². The highest BCUT2D eigenvalue weighted by atomic mass is 35.7. The molecular weight excluding hydrogens is 515 g/mol. The fourth-order valence-electron chi connectivity index (χ4n) is 3.49. The topological polar surface area (TPSA) is 145 Å². The maximum absolute atomic E-state index is 8.60. The quantitative estimate of drug-likeness (QED) is 0.347. The van der Waals surface area contributed by atoms with Gasteiger partial charge in [-0.15, -0.1) is 0 Å². The first kappa shape index (κ1) is 29.3. The molecule has 0 aliphatic heterocycles. The number of methoxy groups -OCH3 is 6. The fraction of sp³-hybridized carbons (Fsp3) is 0.250. The zero-order valence-corrected chi connectivity index (χ0v) is 22.3. The number of hydrogen-bond acceptors (Lipinski definition) is 10. The van der Waals surface area contributed by atoms with Crippen LogP contribution in [0, 0.1) is 10.2 Å². The van der Waals surface area contributed by atoms with Crippen LogP contribution in [0.3, 0.4) is 0 Å². The second-order valence-electron chi connectivity index (χ2n) is 6.76. The van der Waals surface area contributed by atoms with Crippen LogP contribution < -0.4 is 58.3 Å². The third-order valence-corrected chi connectivity index (χ3v) is 7.54. The van der Waals surface area contributed by atoms with Gasteiger partial charge in [0.15, 0.2) is 0 Å². The van der Waals surface area contributed by atoms with Crippen molar-refractivity contribution < 1.29 is 57.3 Å². The van der Waals surface area contributed by atoms with Gasteiger partial charge in [0.05, 0.1) is 73.5 Å². The van der Waals surface area contributed by atoms with E-state index in [2.05, 4.69) is 0 Å². The van der Waals surface area contributed by atoms with Crippen LogP contribution in [0.1, 0.15) is 0 Å². The number of hydrogen-bond donors (Lipinski definition) is 1. The molecule has 196 valence electrons. The van der Waals surface area contributed by atoms with Crippen molar-refractivity contribution in [2.75, 3.05) is 42.7 Å². The molecule has 3 aromatic carbocycles. The maximum Gasteiger partial charge on any atom is 0.130 e. The lowest BCUT2D eigenvalue weighted by molar-refractivity contribution is -1.92. The van der Waals surface area contributed by atoms with Crippen LogP contribution in [-0.4, -0.2) is 47.3 Å². The SMILES string of the molecule is COc1cccc(OC)c1P(c1c(OC)cccc1OC)c1c(OC)cccc1OC.[O-][Cl+3]([O-])([O-])O. The standard InChI is InChI=1S/C24H27O6P.ClHO4/c1-25-16-10-7-11-17(26-2)22(16)31(23-18(27-3)12-8-13-19(23)28-4)24-20(29-5)14-9-15-21(24)30-6;2-1(3,4)5/h7-15H,1-6H3;(H,2,3,4,5). The molecule has 0 spiro atoms. The molecule has 0 saturated carbocycles. The minimum Gasteiger partial charge on any atom is -0.496 e. The first-order valence-corrected chi connectivity index (χ1v) is 12.8. The van der Waals surface area contributed by atoms with E-state index < -0.39 is 18.2 Å². The Labute approximate surface area is 213 Å². The first-order chi connectivity index (χ1) is 17.1. The van der Waals surface area contributed by atoms with E-state index >= 15 is 0 Å². The summed E-state index contributed by atoms with van der Waals surface area (Å²) in [6.45, 7) is 0. The Kier molecular flexibility index (Phi) is 10.9. The third kappa shape index (κ3) is 7.04. The van der Waals surface area contributed by atoms with Gasteiger partial charge in [-0.2, -0.15) is 14.0 Å². The first-order valence-electron chi connectivity index (χ1n) is 10.2. The molecule has 1 N–H and O–H groups in total. The highest BCUT2D eigenvalue weighted by Crippen LogP contribution is 2.49. The Bertz CT molecular complexity index is 932. The van der Waals surface area contributed by atoms with Crippen LogP contribution in [0.2, 0.25) is 0 Å². The molecule has 10 nitrogen and oxygen atoms in total. The predicted molar refractivity (Wildman–Crippen MR) is 127 cm³/mol. The second kappa shape index (κ2) is 13.4. The lowest BCUT2D eigenvalue weighted by atomic mass is 10.3. The molecular formula is C24H28ClO10P. The molecule has 0 fully saturated rings. The summed E-state index contributed by atoms with van der Waals surface area (Å²) in [6.07, 6.45) is 0. The zero-order valence-electron chi connectivity index (χ0n) is 20.6. The summed E-state index contributed by atoms with van der Waals surface area (Å²) in [5, 5.41) is 2.61. The predicted octanol–water partition coefficient (Wildman–Crippen LogP) is -0.628. The maximum atomic E-state index is 8.60. The van der Waals surface area contributed by atoms with Crippen LogP contribution in [0.5, 0.6) is 34.5 Å². The highest BCUT2D eigenvalue weighted by Gasteiger charge is 2.34. The molecule has 3 aromatic rings. The number of rotatable bonds is 9. The molecule has 0 aliphatic rings. The smallest absolute Gasteiger partial charge is 0.130 e. The monoisotopic (exact) mass is 542 g/mol. The van der Waals surface area contributed by atoms with E-state index in [4.69, 9.17) is 47.1 Å². The normalized spacial score (nSPS) is 10.8. The van der Waals surface area contributed by atoms with E-state index in [0.29, 0.717) is 34.5 Å². The molecule has 0 saturated heterocycles. The highest BCUT2D eigenvalue weighted by molar-refractivity contribution is 7.81. The molecule has 0 heterocycles. The summed E-state index contributed by atoms with van der Waals surface area (Å²) < 4.78 is 67.4. The molecule has 0 bridgehead atoms. The summed E-state index contributed by atoms with van der Waals surface area (Å²) in [7, 11) is 3.81. The minimum atomic E-state index is -4.69. The molecule has 0 amide bonds. The van der Waals surface area contributed by atoms with Crippen LogP contribution in [0.15, 0.2) is 54.6 Å². The Morgan fingerprint density at radius 3 is 0.806 bits per heavy atom. The number of halogens is 1. The fourth-order valence-corrected chi connectivity index (χ4v) is 6.48. The Hall–Kier alpha value is -2.98. The van der Waals surface area contributed by atoms with E-state index in [1.807, 2.05) is 54.6 Å².